The quantitative estimate of drug-likeness (QED) is 0.443. The van der Waals surface area contributed by atoms with Gasteiger partial charge >= 0.3 is 0 Å². The molecule has 3 aliphatic carbocycles. The highest BCUT2D eigenvalue weighted by Gasteiger charge is 2.61. The van der Waals surface area contributed by atoms with Crippen LogP contribution in [0.25, 0.3) is 0 Å². The molecule has 0 aromatic heterocycles. The summed E-state index contributed by atoms with van der Waals surface area (Å²) in [6, 6.07) is 0. The Morgan fingerprint density at radius 3 is 2.38 bits per heavy atom. The van der Waals surface area contributed by atoms with Crippen molar-refractivity contribution in [3.63, 3.8) is 0 Å². The summed E-state index contributed by atoms with van der Waals surface area (Å²) in [6.45, 7) is 6.15. The molecule has 3 fully saturated rings. The molecule has 2 bridgehead atoms. The Kier molecular flexibility index (Phi) is 1.57. The van der Waals surface area contributed by atoms with Crippen LogP contribution >= 0.6 is 0 Å². The van der Waals surface area contributed by atoms with Crippen LogP contribution in [-0.4, -0.2) is 21.6 Å². The normalized spacial score (nSPS) is 50.3. The lowest BCUT2D eigenvalue weighted by atomic mass is 9.44. The topological polar surface area (TPSA) is 52.8 Å². The molecule has 3 rings (SSSR count). The first-order valence-electron chi connectivity index (χ1n) is 4.84. The van der Waals surface area contributed by atoms with Gasteiger partial charge in [-0.2, -0.15) is 0 Å². The van der Waals surface area contributed by atoms with E-state index in [0.717, 1.165) is 12.8 Å². The van der Waals surface area contributed by atoms with Crippen LogP contribution in [0, 0.1) is 17.3 Å². The smallest absolute Gasteiger partial charge is 0.106 e. The number of hydrogen-bond donors (Lipinski definition) is 2. The summed E-state index contributed by atoms with van der Waals surface area (Å²) in [7, 11) is 0. The molecule has 3 nitrogen and oxygen atoms in total. The van der Waals surface area contributed by atoms with Crippen LogP contribution in [0.5, 0.6) is 0 Å². The maximum atomic E-state index is 10.2. The maximum Gasteiger partial charge on any atom is 0.106 e. The number of nitrogens with zero attached hydrogens (tertiary/aromatic N) is 1. The SMILES string of the molecule is CC1(C)[C@@H]2C/C(=N/O)[C@](C)(O)[C@@H]1C2. The van der Waals surface area contributed by atoms with Crippen molar-refractivity contribution in [1.29, 1.82) is 0 Å². The highest BCUT2D eigenvalue weighted by atomic mass is 16.4. The van der Waals surface area contributed by atoms with Gasteiger partial charge < -0.3 is 10.3 Å². The summed E-state index contributed by atoms with van der Waals surface area (Å²) in [4.78, 5) is 0. The third-order valence-electron chi connectivity index (χ3n) is 4.29. The molecule has 0 aromatic carbocycles. The van der Waals surface area contributed by atoms with Crippen LogP contribution in [0.15, 0.2) is 5.16 Å². The first-order chi connectivity index (χ1) is 5.90. The maximum absolute atomic E-state index is 10.2. The Balaban J connectivity index is 2.34. The van der Waals surface area contributed by atoms with Crippen molar-refractivity contribution >= 4 is 5.71 Å². The molecule has 0 aliphatic heterocycles. The Morgan fingerprint density at radius 1 is 1.38 bits per heavy atom. The van der Waals surface area contributed by atoms with E-state index in [0.29, 0.717) is 11.6 Å². The van der Waals surface area contributed by atoms with Crippen LogP contribution in [0.3, 0.4) is 0 Å². The Labute approximate surface area is 78.4 Å². The fraction of sp³-hybridized carbons (Fsp3) is 0.900. The summed E-state index contributed by atoms with van der Waals surface area (Å²) in [5, 5.41) is 22.2. The van der Waals surface area contributed by atoms with Gasteiger partial charge in [0.25, 0.3) is 0 Å². The van der Waals surface area contributed by atoms with Gasteiger partial charge in [-0.3, -0.25) is 0 Å². The molecule has 0 saturated heterocycles. The molecule has 3 saturated carbocycles. The summed E-state index contributed by atoms with van der Waals surface area (Å²) in [5.74, 6) is 0.841. The number of rotatable bonds is 0. The number of aliphatic hydroxyl groups is 1. The average molecular weight is 183 g/mol. The van der Waals surface area contributed by atoms with Gasteiger partial charge in [0.2, 0.25) is 0 Å². The second-order valence-corrected chi connectivity index (χ2v) is 5.20. The lowest BCUT2D eigenvalue weighted by Gasteiger charge is -2.62. The predicted molar refractivity (Wildman–Crippen MR) is 49.8 cm³/mol. The van der Waals surface area contributed by atoms with Crippen LogP contribution in [0.4, 0.5) is 0 Å². The molecule has 74 valence electrons. The molecular formula is C10H17NO2. The van der Waals surface area contributed by atoms with Gasteiger partial charge in [0, 0.05) is 0 Å². The van der Waals surface area contributed by atoms with Crippen molar-refractivity contribution in [3.8, 4) is 0 Å². The molecule has 3 aliphatic rings. The third-order valence-corrected chi connectivity index (χ3v) is 4.29. The second-order valence-electron chi connectivity index (χ2n) is 5.20. The molecule has 0 aromatic rings. The van der Waals surface area contributed by atoms with Gasteiger partial charge in [-0.1, -0.05) is 19.0 Å². The Bertz CT molecular complexity index is 268. The monoisotopic (exact) mass is 183 g/mol. The summed E-state index contributed by atoms with van der Waals surface area (Å²) in [6.07, 6.45) is 1.81. The molecule has 0 spiro atoms. The molecule has 0 radical (unpaired) electrons. The Morgan fingerprint density at radius 2 is 2.00 bits per heavy atom. The van der Waals surface area contributed by atoms with E-state index in [9.17, 15) is 5.11 Å². The molecule has 0 amide bonds. The molecule has 0 heterocycles. The van der Waals surface area contributed by atoms with Crippen LogP contribution < -0.4 is 0 Å². The number of fused-ring (bicyclic) bond motifs is 2. The van der Waals surface area contributed by atoms with Crippen molar-refractivity contribution in [2.75, 3.05) is 0 Å². The van der Waals surface area contributed by atoms with E-state index >= 15 is 0 Å². The van der Waals surface area contributed by atoms with E-state index in [4.69, 9.17) is 5.21 Å². The molecule has 3 heteroatoms. The predicted octanol–water partition coefficient (Wildman–Crippen LogP) is 1.63. The van der Waals surface area contributed by atoms with Gasteiger partial charge in [-0.25, -0.2) is 0 Å². The van der Waals surface area contributed by atoms with Crippen LogP contribution in [0.1, 0.15) is 33.6 Å². The lowest BCUT2D eigenvalue weighted by molar-refractivity contribution is -0.135. The zero-order valence-electron chi connectivity index (χ0n) is 8.41. The van der Waals surface area contributed by atoms with Gasteiger partial charge in [-0.15, -0.1) is 0 Å². The van der Waals surface area contributed by atoms with Crippen molar-refractivity contribution in [1.82, 2.24) is 0 Å². The van der Waals surface area contributed by atoms with Crippen molar-refractivity contribution < 1.29 is 10.3 Å². The minimum atomic E-state index is -0.896. The summed E-state index contributed by atoms with van der Waals surface area (Å²) >= 11 is 0. The molecule has 0 unspecified atom stereocenters. The fourth-order valence-corrected chi connectivity index (χ4v) is 3.10. The largest absolute Gasteiger partial charge is 0.411 e. The van der Waals surface area contributed by atoms with E-state index in [1.807, 2.05) is 0 Å². The minimum absolute atomic E-state index is 0.206. The minimum Gasteiger partial charge on any atom is -0.411 e. The van der Waals surface area contributed by atoms with E-state index < -0.39 is 5.60 Å². The highest BCUT2D eigenvalue weighted by molar-refractivity contribution is 5.94. The standard InChI is InChI=1S/C10H17NO2/c1-9(2)6-4-7(9)10(3,12)8(5-6)11-13/h6-7,12-13H,4-5H2,1-3H3/b11-8-/t6-,7+,10+/m0/s1. The van der Waals surface area contributed by atoms with Gasteiger partial charge in [0.1, 0.15) is 5.60 Å². The highest BCUT2D eigenvalue weighted by Crippen LogP contribution is 2.61. The first kappa shape index (κ1) is 9.00. The molecular weight excluding hydrogens is 166 g/mol. The van der Waals surface area contributed by atoms with Gasteiger partial charge in [0.05, 0.1) is 5.71 Å². The van der Waals surface area contributed by atoms with E-state index in [1.54, 1.807) is 6.92 Å². The summed E-state index contributed by atoms with van der Waals surface area (Å²) < 4.78 is 0. The lowest BCUT2D eigenvalue weighted by Crippen LogP contribution is -2.64. The second kappa shape index (κ2) is 2.27. The molecule has 2 N–H and O–H groups in total. The molecule has 3 atom stereocenters. The van der Waals surface area contributed by atoms with Crippen LogP contribution in [-0.2, 0) is 0 Å². The van der Waals surface area contributed by atoms with E-state index in [-0.39, 0.29) is 11.3 Å². The van der Waals surface area contributed by atoms with Crippen molar-refractivity contribution in [2.24, 2.45) is 22.4 Å². The van der Waals surface area contributed by atoms with Crippen molar-refractivity contribution in [2.45, 2.75) is 39.2 Å². The van der Waals surface area contributed by atoms with E-state index in [1.165, 1.54) is 0 Å². The van der Waals surface area contributed by atoms with Crippen molar-refractivity contribution in [3.05, 3.63) is 0 Å². The molecule has 13 heavy (non-hydrogen) atoms. The number of hydrogen-bond acceptors (Lipinski definition) is 3. The fourth-order valence-electron chi connectivity index (χ4n) is 3.10. The van der Waals surface area contributed by atoms with E-state index in [2.05, 4.69) is 19.0 Å². The zero-order valence-corrected chi connectivity index (χ0v) is 8.41. The third kappa shape index (κ3) is 0.909. The average Bonchev–Trinajstić information content (AvgIpc) is 2.01. The van der Waals surface area contributed by atoms with Crippen LogP contribution in [0.2, 0.25) is 0 Å². The summed E-state index contributed by atoms with van der Waals surface area (Å²) in [5.41, 5.74) is -0.127. The Hall–Kier alpha value is -0.570. The zero-order chi connectivity index (χ0) is 9.85. The van der Waals surface area contributed by atoms with Gasteiger partial charge in [-0.05, 0) is 37.0 Å². The number of oxime groups is 1. The first-order valence-corrected chi connectivity index (χ1v) is 4.84. The van der Waals surface area contributed by atoms with Gasteiger partial charge in [0.15, 0.2) is 0 Å².